The Morgan fingerprint density at radius 2 is 1.71 bits per heavy atom. The number of nitrogens with two attached hydrogens (primary N) is 2. The molecule has 1 aliphatic carbocycles. The molecule has 1 fully saturated rings. The van der Waals surface area contributed by atoms with Gasteiger partial charge in [0.2, 0.25) is 5.82 Å². The van der Waals surface area contributed by atoms with Gasteiger partial charge >= 0.3 is 6.18 Å². The highest BCUT2D eigenvalue weighted by Crippen LogP contribution is 2.45. The van der Waals surface area contributed by atoms with Crippen LogP contribution in [-0.2, 0) is 6.18 Å². The van der Waals surface area contributed by atoms with Crippen LogP contribution in [0.4, 0.5) is 24.7 Å². The maximum Gasteiger partial charge on any atom is 0.451 e. The van der Waals surface area contributed by atoms with Crippen molar-refractivity contribution in [2.75, 3.05) is 11.5 Å². The number of hydrogen-bond donors (Lipinski definition) is 2. The van der Waals surface area contributed by atoms with Gasteiger partial charge in [0, 0.05) is 5.39 Å². The molecule has 0 bridgehead atoms. The predicted molar refractivity (Wildman–Crippen MR) is 88.4 cm³/mol. The predicted octanol–water partition coefficient (Wildman–Crippen LogP) is 4.50. The molecule has 24 heavy (non-hydrogen) atoms. The number of benzene rings is 1. The minimum atomic E-state index is -4.65. The number of hydrogen-bond acceptors (Lipinski definition) is 4. The molecule has 4 nitrogen and oxygen atoms in total. The van der Waals surface area contributed by atoms with Gasteiger partial charge in [0.05, 0.1) is 11.2 Å². The quantitative estimate of drug-likeness (QED) is 0.751. The smallest absolute Gasteiger partial charge is 0.397 e. The Balaban J connectivity index is 2.12. The molecule has 0 saturated heterocycles. The molecule has 0 unspecified atom stereocenters. The van der Waals surface area contributed by atoms with E-state index in [1.54, 1.807) is 6.07 Å². The molecule has 130 valence electrons. The average molecular weight is 338 g/mol. The summed E-state index contributed by atoms with van der Waals surface area (Å²) in [5.74, 6) is -1.16. The van der Waals surface area contributed by atoms with E-state index < -0.39 is 12.0 Å². The van der Waals surface area contributed by atoms with E-state index in [-0.39, 0.29) is 22.9 Å². The minimum absolute atomic E-state index is 0.0946. The van der Waals surface area contributed by atoms with Gasteiger partial charge in [-0.3, -0.25) is 0 Å². The van der Waals surface area contributed by atoms with Gasteiger partial charge in [-0.15, -0.1) is 0 Å². The van der Waals surface area contributed by atoms with E-state index in [0.717, 1.165) is 31.2 Å². The minimum Gasteiger partial charge on any atom is -0.397 e. The van der Waals surface area contributed by atoms with Gasteiger partial charge in [-0.25, -0.2) is 9.97 Å². The standard InChI is InChI=1S/C17H21F3N4/c1-16(2)7-5-9(6-8-16)10-3-4-11(21)13-12(10)14(22)24-15(23-13)17(18,19)20/h3-4,9H,5-8,21H2,1-2H3,(H2,22,23,24). The number of halogens is 3. The van der Waals surface area contributed by atoms with Crippen LogP contribution in [0.1, 0.15) is 56.8 Å². The first-order valence-electron chi connectivity index (χ1n) is 8.01. The Morgan fingerprint density at radius 1 is 1.08 bits per heavy atom. The molecule has 0 atom stereocenters. The van der Waals surface area contributed by atoms with Crippen LogP contribution in [0.3, 0.4) is 0 Å². The number of rotatable bonds is 1. The molecule has 1 heterocycles. The Labute approximate surface area is 138 Å². The maximum atomic E-state index is 12.9. The fourth-order valence-corrected chi connectivity index (χ4v) is 3.49. The van der Waals surface area contributed by atoms with Crippen molar-refractivity contribution in [1.29, 1.82) is 0 Å². The van der Waals surface area contributed by atoms with Crippen LogP contribution in [0.5, 0.6) is 0 Å². The van der Waals surface area contributed by atoms with Crippen molar-refractivity contribution in [3.05, 3.63) is 23.5 Å². The summed E-state index contributed by atoms with van der Waals surface area (Å²) in [6.07, 6.45) is -0.603. The molecule has 7 heteroatoms. The van der Waals surface area contributed by atoms with Gasteiger partial charge < -0.3 is 11.5 Å². The highest BCUT2D eigenvalue weighted by atomic mass is 19.4. The molecule has 0 spiro atoms. The molecule has 1 aromatic heterocycles. The first-order chi connectivity index (χ1) is 11.1. The molecule has 0 aliphatic heterocycles. The molecule has 2 aromatic rings. The fraction of sp³-hybridized carbons (Fsp3) is 0.529. The molecule has 1 saturated carbocycles. The van der Waals surface area contributed by atoms with Gasteiger partial charge in [0.15, 0.2) is 0 Å². The molecular weight excluding hydrogens is 317 g/mol. The maximum absolute atomic E-state index is 12.9. The topological polar surface area (TPSA) is 77.8 Å². The van der Waals surface area contributed by atoms with Gasteiger partial charge in [-0.1, -0.05) is 19.9 Å². The second-order valence-electron chi connectivity index (χ2n) is 7.34. The van der Waals surface area contributed by atoms with Crippen molar-refractivity contribution in [3.8, 4) is 0 Å². The van der Waals surface area contributed by atoms with E-state index in [9.17, 15) is 13.2 Å². The van der Waals surface area contributed by atoms with Gasteiger partial charge in [0.1, 0.15) is 5.82 Å². The summed E-state index contributed by atoms with van der Waals surface area (Å²) in [7, 11) is 0. The Morgan fingerprint density at radius 3 is 2.29 bits per heavy atom. The van der Waals surface area contributed by atoms with Crippen LogP contribution in [0, 0.1) is 5.41 Å². The summed E-state index contributed by atoms with van der Waals surface area (Å²) in [4.78, 5) is 7.13. The lowest BCUT2D eigenvalue weighted by atomic mass is 9.71. The largest absolute Gasteiger partial charge is 0.451 e. The summed E-state index contributed by atoms with van der Waals surface area (Å²) < 4.78 is 38.8. The zero-order valence-electron chi connectivity index (χ0n) is 13.7. The third kappa shape index (κ3) is 2.99. The lowest BCUT2D eigenvalue weighted by Crippen LogP contribution is -2.21. The van der Waals surface area contributed by atoms with Crippen molar-refractivity contribution in [3.63, 3.8) is 0 Å². The monoisotopic (exact) mass is 338 g/mol. The van der Waals surface area contributed by atoms with Crippen molar-refractivity contribution in [2.24, 2.45) is 5.41 Å². The average Bonchev–Trinajstić information content (AvgIpc) is 2.47. The third-order valence-corrected chi connectivity index (χ3v) is 4.97. The molecule has 3 rings (SSSR count). The zero-order valence-corrected chi connectivity index (χ0v) is 13.7. The zero-order chi connectivity index (χ0) is 17.7. The van der Waals surface area contributed by atoms with E-state index in [0.29, 0.717) is 10.8 Å². The normalized spacial score (nSPS) is 18.9. The van der Waals surface area contributed by atoms with Crippen molar-refractivity contribution in [1.82, 2.24) is 9.97 Å². The molecule has 0 radical (unpaired) electrons. The first kappa shape index (κ1) is 16.8. The van der Waals surface area contributed by atoms with Gasteiger partial charge in [-0.05, 0) is 48.6 Å². The van der Waals surface area contributed by atoms with Crippen LogP contribution in [0.2, 0.25) is 0 Å². The molecule has 1 aromatic carbocycles. The summed E-state index contributed by atoms with van der Waals surface area (Å²) in [6.45, 7) is 4.47. The molecule has 4 N–H and O–H groups in total. The van der Waals surface area contributed by atoms with Crippen molar-refractivity contribution >= 4 is 22.4 Å². The van der Waals surface area contributed by atoms with E-state index in [1.807, 2.05) is 6.07 Å². The Bertz CT molecular complexity index is 773. The number of anilines is 2. The van der Waals surface area contributed by atoms with E-state index in [2.05, 4.69) is 23.8 Å². The first-order valence-corrected chi connectivity index (χ1v) is 8.01. The number of alkyl halides is 3. The van der Waals surface area contributed by atoms with E-state index >= 15 is 0 Å². The summed E-state index contributed by atoms with van der Waals surface area (Å²) in [6, 6.07) is 3.47. The lowest BCUT2D eigenvalue weighted by Gasteiger charge is -2.35. The number of fused-ring (bicyclic) bond motifs is 1. The van der Waals surface area contributed by atoms with Crippen molar-refractivity contribution < 1.29 is 13.2 Å². The van der Waals surface area contributed by atoms with Crippen LogP contribution >= 0.6 is 0 Å². The SMILES string of the molecule is CC1(C)CCC(c2ccc(N)c3nc(C(F)(F)F)nc(N)c23)CC1. The molecule has 1 aliphatic rings. The Hall–Kier alpha value is -2.05. The van der Waals surface area contributed by atoms with E-state index in [1.165, 1.54) is 0 Å². The fourth-order valence-electron chi connectivity index (χ4n) is 3.49. The summed E-state index contributed by atoms with van der Waals surface area (Å²) in [5, 5.41) is 0.465. The molecule has 0 amide bonds. The van der Waals surface area contributed by atoms with E-state index in [4.69, 9.17) is 11.5 Å². The summed E-state index contributed by atoms with van der Waals surface area (Å²) >= 11 is 0. The van der Waals surface area contributed by atoms with Crippen LogP contribution in [0.25, 0.3) is 10.9 Å². The highest BCUT2D eigenvalue weighted by molar-refractivity contribution is 5.98. The second-order valence-corrected chi connectivity index (χ2v) is 7.34. The lowest BCUT2D eigenvalue weighted by molar-refractivity contribution is -0.144. The van der Waals surface area contributed by atoms with Gasteiger partial charge in [-0.2, -0.15) is 13.2 Å². The van der Waals surface area contributed by atoms with Crippen LogP contribution < -0.4 is 11.5 Å². The van der Waals surface area contributed by atoms with Crippen LogP contribution in [-0.4, -0.2) is 9.97 Å². The van der Waals surface area contributed by atoms with Crippen LogP contribution in [0.15, 0.2) is 12.1 Å². The number of aromatic nitrogens is 2. The van der Waals surface area contributed by atoms with Crippen molar-refractivity contribution in [2.45, 2.75) is 51.6 Å². The molecular formula is C17H21F3N4. The Kier molecular flexibility index (Phi) is 3.85. The van der Waals surface area contributed by atoms with Gasteiger partial charge in [0.25, 0.3) is 0 Å². The third-order valence-electron chi connectivity index (χ3n) is 4.97. The summed E-state index contributed by atoms with van der Waals surface area (Å²) in [5.41, 5.74) is 13.2. The highest BCUT2D eigenvalue weighted by Gasteiger charge is 2.36. The number of nitrogens with zero attached hydrogens (tertiary/aromatic N) is 2. The number of nitrogen functional groups attached to an aromatic ring is 2. The second kappa shape index (κ2) is 5.50.